The lowest BCUT2D eigenvalue weighted by molar-refractivity contribution is 0.0950. The number of benzene rings is 1. The van der Waals surface area contributed by atoms with Gasteiger partial charge in [-0.2, -0.15) is 5.10 Å². The first-order valence-corrected chi connectivity index (χ1v) is 10.8. The van der Waals surface area contributed by atoms with Crippen molar-refractivity contribution in [3.8, 4) is 11.4 Å². The van der Waals surface area contributed by atoms with Crippen LogP contribution in [0.2, 0.25) is 0 Å². The van der Waals surface area contributed by atoms with Gasteiger partial charge in [0, 0.05) is 30.1 Å². The number of nitrogens with one attached hydrogen (secondary N) is 2. The van der Waals surface area contributed by atoms with Gasteiger partial charge in [0.1, 0.15) is 0 Å². The number of rotatable bonds is 5. The van der Waals surface area contributed by atoms with E-state index in [1.165, 1.54) is 22.9 Å². The Morgan fingerprint density at radius 2 is 1.94 bits per heavy atom. The van der Waals surface area contributed by atoms with Crippen LogP contribution in [0.3, 0.4) is 0 Å². The SMILES string of the molecule is CN(C)CCNC(=O)c1ccc(-c2nc3ccc4[nH]ncc4c3c3c2CCCC3)nc1. The van der Waals surface area contributed by atoms with Gasteiger partial charge < -0.3 is 10.2 Å². The van der Waals surface area contributed by atoms with Crippen LogP contribution in [0.4, 0.5) is 0 Å². The number of H-pyrrole nitrogens is 1. The fraction of sp³-hybridized carbons (Fsp3) is 0.333. The summed E-state index contributed by atoms with van der Waals surface area (Å²) in [5.74, 6) is -0.100. The van der Waals surface area contributed by atoms with Crippen LogP contribution in [0.25, 0.3) is 33.2 Å². The number of carbonyl (C=O) groups is 1. The van der Waals surface area contributed by atoms with Crippen molar-refractivity contribution in [3.05, 3.63) is 53.3 Å². The highest BCUT2D eigenvalue weighted by Crippen LogP contribution is 2.37. The van der Waals surface area contributed by atoms with Crippen molar-refractivity contribution in [3.63, 3.8) is 0 Å². The smallest absolute Gasteiger partial charge is 0.252 e. The Bertz CT molecular complexity index is 1260. The van der Waals surface area contributed by atoms with Crippen molar-refractivity contribution in [2.45, 2.75) is 25.7 Å². The maximum atomic E-state index is 12.4. The molecule has 4 aromatic rings. The number of hydrogen-bond donors (Lipinski definition) is 2. The quantitative estimate of drug-likeness (QED) is 0.523. The Balaban J connectivity index is 1.53. The number of nitrogens with zero attached hydrogens (tertiary/aromatic N) is 4. The molecule has 1 amide bonds. The third kappa shape index (κ3) is 3.65. The van der Waals surface area contributed by atoms with E-state index in [0.29, 0.717) is 12.1 Å². The predicted molar refractivity (Wildman–Crippen MR) is 122 cm³/mol. The van der Waals surface area contributed by atoms with E-state index in [4.69, 9.17) is 4.98 Å². The van der Waals surface area contributed by atoms with Gasteiger partial charge in [0.2, 0.25) is 0 Å². The van der Waals surface area contributed by atoms with Gasteiger partial charge >= 0.3 is 0 Å². The second-order valence-electron chi connectivity index (χ2n) is 8.41. The van der Waals surface area contributed by atoms with E-state index in [1.54, 1.807) is 6.20 Å². The molecular formula is C24H26N6O. The van der Waals surface area contributed by atoms with Gasteiger partial charge in [-0.1, -0.05) is 0 Å². The highest BCUT2D eigenvalue weighted by molar-refractivity contribution is 6.07. The molecule has 7 nitrogen and oxygen atoms in total. The molecular weight excluding hydrogens is 388 g/mol. The predicted octanol–water partition coefficient (Wildman–Crippen LogP) is 3.34. The first kappa shape index (κ1) is 19.6. The highest BCUT2D eigenvalue weighted by atomic mass is 16.1. The largest absolute Gasteiger partial charge is 0.351 e. The van der Waals surface area contributed by atoms with Crippen LogP contribution in [0, 0.1) is 0 Å². The summed E-state index contributed by atoms with van der Waals surface area (Å²) >= 11 is 0. The minimum absolute atomic E-state index is 0.100. The van der Waals surface area contributed by atoms with Crippen LogP contribution < -0.4 is 5.32 Å². The van der Waals surface area contributed by atoms with E-state index >= 15 is 0 Å². The summed E-state index contributed by atoms with van der Waals surface area (Å²) in [6.45, 7) is 1.41. The Morgan fingerprint density at radius 1 is 1.10 bits per heavy atom. The van der Waals surface area contributed by atoms with E-state index in [2.05, 4.69) is 26.6 Å². The average molecular weight is 415 g/mol. The third-order valence-electron chi connectivity index (χ3n) is 6.00. The lowest BCUT2D eigenvalue weighted by atomic mass is 9.86. The second kappa shape index (κ2) is 8.07. The molecule has 158 valence electrons. The number of hydrogen-bond acceptors (Lipinski definition) is 5. The second-order valence-corrected chi connectivity index (χ2v) is 8.41. The summed E-state index contributed by atoms with van der Waals surface area (Å²) in [4.78, 5) is 24.1. The van der Waals surface area contributed by atoms with Gasteiger partial charge in [-0.3, -0.25) is 14.9 Å². The molecule has 0 unspecified atom stereocenters. The summed E-state index contributed by atoms with van der Waals surface area (Å²) < 4.78 is 0. The zero-order valence-corrected chi connectivity index (χ0v) is 17.9. The molecule has 0 fully saturated rings. The van der Waals surface area contributed by atoms with E-state index in [-0.39, 0.29) is 5.91 Å². The molecule has 0 spiro atoms. The van der Waals surface area contributed by atoms with Crippen LogP contribution in [0.1, 0.15) is 34.3 Å². The van der Waals surface area contributed by atoms with E-state index in [9.17, 15) is 4.79 Å². The minimum Gasteiger partial charge on any atom is -0.351 e. The lowest BCUT2D eigenvalue weighted by Crippen LogP contribution is -2.31. The first-order valence-electron chi connectivity index (χ1n) is 10.8. The van der Waals surface area contributed by atoms with E-state index in [0.717, 1.165) is 53.6 Å². The number of aromatic nitrogens is 4. The summed E-state index contributed by atoms with van der Waals surface area (Å²) in [6, 6.07) is 7.85. The van der Waals surface area contributed by atoms with Gasteiger partial charge in [-0.15, -0.1) is 0 Å². The number of fused-ring (bicyclic) bond motifs is 5. The number of likely N-dealkylation sites (N-methyl/N-ethyl adjacent to an activating group) is 1. The fourth-order valence-electron chi connectivity index (χ4n) is 4.42. The standard InChI is InChI=1S/C24H26N6O/c1-30(2)12-11-25-24(31)15-7-8-21(26-13-15)23-17-6-4-3-5-16(17)22-18-14-27-29-19(18)9-10-20(22)28-23/h7-10,13-14H,3-6,11-12H2,1-2H3,(H,25,31)(H,27,29). The Morgan fingerprint density at radius 3 is 2.71 bits per heavy atom. The maximum Gasteiger partial charge on any atom is 0.252 e. The van der Waals surface area contributed by atoms with Crippen LogP contribution in [0.15, 0.2) is 36.7 Å². The van der Waals surface area contributed by atoms with Crippen LogP contribution in [-0.4, -0.2) is 58.2 Å². The monoisotopic (exact) mass is 414 g/mol. The van der Waals surface area contributed by atoms with Crippen molar-refractivity contribution < 1.29 is 4.79 Å². The molecule has 0 bridgehead atoms. The van der Waals surface area contributed by atoms with Gasteiger partial charge in [-0.05, 0) is 75.2 Å². The van der Waals surface area contributed by atoms with E-state index in [1.807, 2.05) is 43.4 Å². The zero-order chi connectivity index (χ0) is 21.4. The number of pyridine rings is 2. The summed E-state index contributed by atoms with van der Waals surface area (Å²) in [5, 5.41) is 12.6. The Labute approximate surface area is 180 Å². The molecule has 1 aliphatic rings. The number of amides is 1. The molecule has 1 aliphatic carbocycles. The molecule has 3 aromatic heterocycles. The first-order chi connectivity index (χ1) is 15.1. The molecule has 7 heteroatoms. The van der Waals surface area contributed by atoms with Crippen LogP contribution in [0.5, 0.6) is 0 Å². The maximum absolute atomic E-state index is 12.4. The minimum atomic E-state index is -0.100. The number of carbonyl (C=O) groups excluding carboxylic acids is 1. The molecule has 0 aliphatic heterocycles. The topological polar surface area (TPSA) is 86.8 Å². The van der Waals surface area contributed by atoms with Crippen molar-refractivity contribution in [1.29, 1.82) is 0 Å². The van der Waals surface area contributed by atoms with Crippen LogP contribution in [-0.2, 0) is 12.8 Å². The Kier molecular flexibility index (Phi) is 5.11. The molecule has 2 N–H and O–H groups in total. The third-order valence-corrected chi connectivity index (χ3v) is 6.00. The van der Waals surface area contributed by atoms with Gasteiger partial charge in [0.05, 0.1) is 34.2 Å². The van der Waals surface area contributed by atoms with Crippen molar-refractivity contribution >= 4 is 27.7 Å². The molecule has 5 rings (SSSR count). The van der Waals surface area contributed by atoms with Gasteiger partial charge in [0.15, 0.2) is 0 Å². The Hall–Kier alpha value is -3.32. The molecule has 0 atom stereocenters. The molecule has 0 radical (unpaired) electrons. The number of aromatic amines is 1. The highest BCUT2D eigenvalue weighted by Gasteiger charge is 2.22. The van der Waals surface area contributed by atoms with Crippen molar-refractivity contribution in [2.75, 3.05) is 27.2 Å². The molecule has 1 aromatic carbocycles. The molecule has 0 saturated carbocycles. The summed E-state index contributed by atoms with van der Waals surface area (Å²) in [5.41, 5.74) is 6.97. The molecule has 3 heterocycles. The summed E-state index contributed by atoms with van der Waals surface area (Å²) in [7, 11) is 3.97. The van der Waals surface area contributed by atoms with E-state index < -0.39 is 0 Å². The van der Waals surface area contributed by atoms with Gasteiger partial charge in [-0.25, -0.2) is 4.98 Å². The summed E-state index contributed by atoms with van der Waals surface area (Å²) in [6.07, 6.45) is 7.92. The molecule has 31 heavy (non-hydrogen) atoms. The molecule has 0 saturated heterocycles. The van der Waals surface area contributed by atoms with Crippen molar-refractivity contribution in [1.82, 2.24) is 30.4 Å². The normalized spacial score (nSPS) is 13.6. The zero-order valence-electron chi connectivity index (χ0n) is 17.9. The van der Waals surface area contributed by atoms with Gasteiger partial charge in [0.25, 0.3) is 5.91 Å². The lowest BCUT2D eigenvalue weighted by Gasteiger charge is -2.21. The van der Waals surface area contributed by atoms with Crippen LogP contribution >= 0.6 is 0 Å². The van der Waals surface area contributed by atoms with Crippen molar-refractivity contribution in [2.24, 2.45) is 0 Å². The number of aryl methyl sites for hydroxylation is 1. The average Bonchev–Trinajstić information content (AvgIpc) is 3.27. The fourth-order valence-corrected chi connectivity index (χ4v) is 4.42.